The van der Waals surface area contributed by atoms with Gasteiger partial charge in [-0.2, -0.15) is 4.21 Å². The Kier molecular flexibility index (Phi) is 86.4. The molecule has 0 aliphatic carbocycles. The average Bonchev–Trinajstić information content (AvgIpc) is 0.811. The molecule has 44 valence electrons. The maximum Gasteiger partial charge on any atom is 2.00 e. The van der Waals surface area contributed by atoms with E-state index in [2.05, 4.69) is 0 Å². The van der Waals surface area contributed by atoms with E-state index in [-0.39, 0.29) is 93.5 Å². The van der Waals surface area contributed by atoms with E-state index in [1.54, 1.807) is 0 Å². The first kappa shape index (κ1) is 30.7. The van der Waals surface area contributed by atoms with Crippen molar-refractivity contribution in [2.75, 3.05) is 0 Å². The van der Waals surface area contributed by atoms with Crippen LogP contribution in [0.5, 0.6) is 0 Å². The smallest absolute Gasteiger partial charge is 1.00 e. The zero-order valence-electron chi connectivity index (χ0n) is 5.17. The molecule has 0 atom stereocenters. The second-order valence-electron chi connectivity index (χ2n) is 0.231. The van der Waals surface area contributed by atoms with E-state index < -0.39 is 11.4 Å². The second-order valence-corrected chi connectivity index (χ2v) is 0.692. The number of hydrogen-bond donors (Lipinski definition) is 2. The fourth-order valence-corrected chi connectivity index (χ4v) is 0. The Morgan fingerprint density at radius 3 is 1.25 bits per heavy atom. The van der Waals surface area contributed by atoms with Gasteiger partial charge in [0.15, 0.2) is 0 Å². The first-order chi connectivity index (χ1) is 1.73. The molecular formula is H3CaCl2NaO3S. The van der Waals surface area contributed by atoms with Crippen molar-refractivity contribution in [2.24, 2.45) is 0 Å². The number of rotatable bonds is 0. The maximum atomic E-state index is 8.67. The summed E-state index contributed by atoms with van der Waals surface area (Å²) >= 11 is -2.61. The van der Waals surface area contributed by atoms with Crippen LogP contribution in [0.2, 0.25) is 0 Å². The molecule has 2 N–H and O–H groups in total. The van der Waals surface area contributed by atoms with Crippen molar-refractivity contribution in [1.29, 1.82) is 0 Å². The molecule has 0 aliphatic heterocycles. The molecule has 0 radical (unpaired) electrons. The third-order valence-corrected chi connectivity index (χ3v) is 0. The quantitative estimate of drug-likeness (QED) is 0.313. The van der Waals surface area contributed by atoms with Crippen molar-refractivity contribution in [1.82, 2.24) is 0 Å². The van der Waals surface area contributed by atoms with Crippen LogP contribution in [0.1, 0.15) is 1.43 Å². The fraction of sp³-hybridized carbons (Fsp3) is 0. The van der Waals surface area contributed by atoms with E-state index in [1.807, 2.05) is 0 Å². The van der Waals surface area contributed by atoms with E-state index in [0.717, 1.165) is 0 Å². The molecule has 3 nitrogen and oxygen atoms in total. The van der Waals surface area contributed by atoms with Gasteiger partial charge >= 0.3 is 67.3 Å². The van der Waals surface area contributed by atoms with Crippen LogP contribution in [-0.2, 0) is 11.4 Å². The van der Waals surface area contributed by atoms with Crippen LogP contribution in [0.3, 0.4) is 0 Å². The van der Waals surface area contributed by atoms with E-state index >= 15 is 0 Å². The van der Waals surface area contributed by atoms with E-state index in [1.165, 1.54) is 0 Å². The molecular weight excluding hydrogens is 214 g/mol. The zero-order valence-corrected chi connectivity index (χ0v) is 10.7. The SMILES string of the molecule is O=S(O)O.[Ca+2].[Cl-].[Cl-].[H-].[Na+]. The summed E-state index contributed by atoms with van der Waals surface area (Å²) in [4.78, 5) is 0. The van der Waals surface area contributed by atoms with Gasteiger partial charge in [-0.15, -0.1) is 0 Å². The van der Waals surface area contributed by atoms with Gasteiger partial charge in [0.25, 0.3) is 11.4 Å². The molecule has 8 heavy (non-hydrogen) atoms. The van der Waals surface area contributed by atoms with Gasteiger partial charge in [-0.1, -0.05) is 0 Å². The van der Waals surface area contributed by atoms with Gasteiger partial charge in [-0.3, -0.25) is 9.11 Å². The Hall–Kier alpha value is 2.91. The molecule has 0 rings (SSSR count). The van der Waals surface area contributed by atoms with Crippen molar-refractivity contribution >= 4 is 49.1 Å². The Morgan fingerprint density at radius 1 is 1.25 bits per heavy atom. The van der Waals surface area contributed by atoms with Crippen LogP contribution >= 0.6 is 0 Å². The monoisotopic (exact) mass is 216 g/mol. The molecule has 0 aliphatic rings. The molecule has 0 saturated heterocycles. The Morgan fingerprint density at radius 2 is 1.25 bits per heavy atom. The molecule has 0 bridgehead atoms. The maximum absolute atomic E-state index is 8.67. The van der Waals surface area contributed by atoms with Gasteiger partial charge in [0, 0.05) is 0 Å². The van der Waals surface area contributed by atoms with Crippen LogP contribution in [0.4, 0.5) is 0 Å². The van der Waals surface area contributed by atoms with Crippen LogP contribution < -0.4 is 54.4 Å². The first-order valence-electron chi connectivity index (χ1n) is 0.532. The van der Waals surface area contributed by atoms with Crippen LogP contribution in [0.25, 0.3) is 0 Å². The minimum absolute atomic E-state index is 0. The summed E-state index contributed by atoms with van der Waals surface area (Å²) in [5, 5.41) is 0. The summed E-state index contributed by atoms with van der Waals surface area (Å²) in [6, 6.07) is 0. The molecule has 0 aromatic heterocycles. The van der Waals surface area contributed by atoms with Crippen LogP contribution in [0, 0.1) is 0 Å². The second kappa shape index (κ2) is 22.5. The molecule has 0 aromatic carbocycles. The summed E-state index contributed by atoms with van der Waals surface area (Å²) in [5.74, 6) is 0. The molecule has 0 aromatic rings. The molecule has 0 saturated carbocycles. The van der Waals surface area contributed by atoms with Gasteiger partial charge in [0.1, 0.15) is 0 Å². The molecule has 0 unspecified atom stereocenters. The topological polar surface area (TPSA) is 57.5 Å². The predicted octanol–water partition coefficient (Wildman–Crippen LogP) is -9.58. The zero-order chi connectivity index (χ0) is 3.58. The normalized spacial score (nSPS) is 4.38. The average molecular weight is 217 g/mol. The van der Waals surface area contributed by atoms with Crippen molar-refractivity contribution in [3.05, 3.63) is 0 Å². The van der Waals surface area contributed by atoms with E-state index in [4.69, 9.17) is 13.3 Å². The Labute approximate surface area is 116 Å². The third kappa shape index (κ3) is 65.8. The van der Waals surface area contributed by atoms with Crippen LogP contribution in [0.15, 0.2) is 0 Å². The Balaban J connectivity index is -0.00000000450. The minimum Gasteiger partial charge on any atom is -1.00 e. The first-order valence-corrected chi connectivity index (χ1v) is 1.60. The molecule has 8 heteroatoms. The molecule has 0 heterocycles. The van der Waals surface area contributed by atoms with Crippen molar-refractivity contribution in [2.45, 2.75) is 0 Å². The number of halogens is 2. The largest absolute Gasteiger partial charge is 2.00 e. The van der Waals surface area contributed by atoms with E-state index in [0.29, 0.717) is 0 Å². The van der Waals surface area contributed by atoms with Crippen molar-refractivity contribution in [3.8, 4) is 0 Å². The van der Waals surface area contributed by atoms with Crippen molar-refractivity contribution < 1.29 is 69.1 Å². The van der Waals surface area contributed by atoms with Gasteiger partial charge in [-0.25, -0.2) is 0 Å². The standard InChI is InChI=1S/Ca.2ClH.Na.H2O3S.H/c;;;;1-4(2)3;/h;2*1H;;(H2,1,2,3);/q+2;;;+1;;-1/p-2. The summed E-state index contributed by atoms with van der Waals surface area (Å²) in [6.07, 6.45) is 0. The molecule has 0 spiro atoms. The minimum atomic E-state index is -2.61. The van der Waals surface area contributed by atoms with Gasteiger partial charge < -0.3 is 26.2 Å². The van der Waals surface area contributed by atoms with Crippen LogP contribution in [-0.4, -0.2) is 51.1 Å². The predicted molar refractivity (Wildman–Crippen MR) is 20.3 cm³/mol. The molecule has 0 amide bonds. The van der Waals surface area contributed by atoms with Gasteiger partial charge in [0.2, 0.25) is 0 Å². The third-order valence-electron chi connectivity index (χ3n) is 0. The number of hydrogen-bond acceptors (Lipinski definition) is 1. The summed E-state index contributed by atoms with van der Waals surface area (Å²) in [7, 11) is 0. The van der Waals surface area contributed by atoms with Gasteiger partial charge in [0.05, 0.1) is 0 Å². The summed E-state index contributed by atoms with van der Waals surface area (Å²) in [6.45, 7) is 0. The summed E-state index contributed by atoms with van der Waals surface area (Å²) < 4.78 is 22.8. The van der Waals surface area contributed by atoms with Gasteiger partial charge in [-0.05, 0) is 0 Å². The van der Waals surface area contributed by atoms with E-state index in [9.17, 15) is 0 Å². The molecule has 0 fully saturated rings. The van der Waals surface area contributed by atoms with Crippen molar-refractivity contribution in [3.63, 3.8) is 0 Å². The Bertz CT molecular complexity index is 44.8. The summed E-state index contributed by atoms with van der Waals surface area (Å²) in [5.41, 5.74) is 0. The fourth-order valence-electron chi connectivity index (χ4n) is 0.